The van der Waals surface area contributed by atoms with Crippen LogP contribution in [0.2, 0.25) is 0 Å². The van der Waals surface area contributed by atoms with Crippen LogP contribution >= 0.6 is 28.1 Å². The number of nitrogens with zero attached hydrogens (tertiary/aromatic N) is 1. The predicted molar refractivity (Wildman–Crippen MR) is 139 cm³/mol. The first-order chi connectivity index (χ1) is 15.6. The molecular weight excluding hydrogens is 504 g/mol. The summed E-state index contributed by atoms with van der Waals surface area (Å²) in [6.07, 6.45) is 0.220. The monoisotopic (exact) mass is 534 g/mol. The molecule has 2 aromatic carbocycles. The van der Waals surface area contributed by atoms with Gasteiger partial charge in [0.25, 0.3) is 5.91 Å². The van der Waals surface area contributed by atoms with E-state index in [4.69, 9.17) is 26.4 Å². The van der Waals surface area contributed by atoms with E-state index < -0.39 is 0 Å². The molecule has 6 nitrogen and oxygen atoms in total. The van der Waals surface area contributed by atoms with E-state index in [1.54, 1.807) is 7.11 Å². The highest BCUT2D eigenvalue weighted by Gasteiger charge is 2.26. The first kappa shape index (κ1) is 25.5. The molecule has 1 fully saturated rings. The van der Waals surface area contributed by atoms with Crippen LogP contribution < -0.4 is 14.8 Å². The second-order valence-corrected chi connectivity index (χ2v) is 9.81. The summed E-state index contributed by atoms with van der Waals surface area (Å²) in [4.78, 5) is 15.5. The van der Waals surface area contributed by atoms with E-state index in [0.29, 0.717) is 16.0 Å². The van der Waals surface area contributed by atoms with Gasteiger partial charge >= 0.3 is 0 Å². The molecule has 1 amide bonds. The van der Waals surface area contributed by atoms with Crippen LogP contribution in [0.1, 0.15) is 36.1 Å². The zero-order valence-electron chi connectivity index (χ0n) is 20.0. The van der Waals surface area contributed by atoms with Crippen LogP contribution in [0.25, 0.3) is 0 Å². The molecule has 0 radical (unpaired) electrons. The average molecular weight is 536 g/mol. The zero-order chi connectivity index (χ0) is 24.3. The van der Waals surface area contributed by atoms with Crippen molar-refractivity contribution >= 4 is 44.7 Å². The predicted octanol–water partition coefficient (Wildman–Crippen LogP) is 5.19. The number of anilines is 1. The number of morpholine rings is 1. The molecule has 1 saturated heterocycles. The molecule has 0 bridgehead atoms. The fourth-order valence-corrected chi connectivity index (χ4v) is 5.02. The number of carbonyl (C=O) groups excluding carboxylic acids is 1. The van der Waals surface area contributed by atoms with Gasteiger partial charge in [0, 0.05) is 24.3 Å². The van der Waals surface area contributed by atoms with Gasteiger partial charge in [0.15, 0.2) is 18.1 Å². The Labute approximate surface area is 209 Å². The molecule has 0 aromatic heterocycles. The Morgan fingerprint density at radius 3 is 2.33 bits per heavy atom. The molecule has 1 N–H and O–H groups in total. The number of thiocarbonyl (C=S) groups is 1. The molecule has 178 valence electrons. The van der Waals surface area contributed by atoms with Crippen LogP contribution in [-0.2, 0) is 9.53 Å². The van der Waals surface area contributed by atoms with E-state index in [1.165, 1.54) is 0 Å². The van der Waals surface area contributed by atoms with Crippen molar-refractivity contribution in [2.75, 3.05) is 32.1 Å². The smallest absolute Gasteiger partial charge is 0.262 e. The van der Waals surface area contributed by atoms with Crippen molar-refractivity contribution in [2.24, 2.45) is 0 Å². The number of rotatable bonds is 6. The van der Waals surface area contributed by atoms with E-state index in [2.05, 4.69) is 26.1 Å². The van der Waals surface area contributed by atoms with Gasteiger partial charge in [-0.15, -0.1) is 0 Å². The number of hydrogen-bond donors (Lipinski definition) is 1. The third-order valence-corrected chi connectivity index (χ3v) is 6.56. The van der Waals surface area contributed by atoms with Gasteiger partial charge in [-0.25, -0.2) is 0 Å². The molecule has 1 aliphatic rings. The molecule has 3 rings (SSSR count). The SMILES string of the molecule is COc1cc(C(=S)N2C[C@@H](C)O[C@H](C)C2)cc(Br)c1OCC(=O)Nc1c(C)cc(C)cc1C. The van der Waals surface area contributed by atoms with Crippen molar-refractivity contribution < 1.29 is 19.0 Å². The van der Waals surface area contributed by atoms with E-state index in [1.807, 2.05) is 58.9 Å². The summed E-state index contributed by atoms with van der Waals surface area (Å²) in [5, 5.41) is 2.95. The number of halogens is 1. The van der Waals surface area contributed by atoms with Crippen LogP contribution in [0.15, 0.2) is 28.7 Å². The quantitative estimate of drug-likeness (QED) is 0.515. The van der Waals surface area contributed by atoms with Crippen molar-refractivity contribution in [1.29, 1.82) is 0 Å². The Bertz CT molecular complexity index is 1030. The Balaban J connectivity index is 1.72. The van der Waals surface area contributed by atoms with Gasteiger partial charge in [0.2, 0.25) is 0 Å². The first-order valence-electron chi connectivity index (χ1n) is 10.9. The average Bonchev–Trinajstić information content (AvgIpc) is 2.73. The third kappa shape index (κ3) is 6.25. The van der Waals surface area contributed by atoms with Crippen LogP contribution in [0, 0.1) is 20.8 Å². The van der Waals surface area contributed by atoms with Gasteiger partial charge in [0.05, 0.1) is 23.8 Å². The Hall–Kier alpha value is -2.16. The van der Waals surface area contributed by atoms with E-state index in [9.17, 15) is 4.79 Å². The van der Waals surface area contributed by atoms with Gasteiger partial charge in [-0.3, -0.25) is 4.79 Å². The van der Waals surface area contributed by atoms with Crippen molar-refractivity contribution in [3.05, 3.63) is 51.0 Å². The number of nitrogens with one attached hydrogen (secondary N) is 1. The van der Waals surface area contributed by atoms with Crippen LogP contribution in [-0.4, -0.2) is 54.8 Å². The largest absolute Gasteiger partial charge is 0.493 e. The van der Waals surface area contributed by atoms with Crippen molar-refractivity contribution in [1.82, 2.24) is 4.90 Å². The van der Waals surface area contributed by atoms with Crippen LogP contribution in [0.5, 0.6) is 11.5 Å². The summed E-state index contributed by atoms with van der Waals surface area (Å²) in [6.45, 7) is 11.4. The number of amides is 1. The van der Waals surface area contributed by atoms with Gasteiger partial charge < -0.3 is 24.4 Å². The van der Waals surface area contributed by atoms with Crippen molar-refractivity contribution in [2.45, 2.75) is 46.8 Å². The minimum atomic E-state index is -0.241. The molecular formula is C25H31BrN2O4S. The second kappa shape index (κ2) is 10.8. The Morgan fingerprint density at radius 2 is 1.76 bits per heavy atom. The van der Waals surface area contributed by atoms with E-state index in [0.717, 1.165) is 46.0 Å². The molecule has 2 atom stereocenters. The van der Waals surface area contributed by atoms with Gasteiger partial charge in [-0.1, -0.05) is 29.9 Å². The van der Waals surface area contributed by atoms with Gasteiger partial charge in [-0.05, 0) is 73.8 Å². The number of carbonyl (C=O) groups is 1. The summed E-state index contributed by atoms with van der Waals surface area (Å²) in [5.41, 5.74) is 4.85. The number of methoxy groups -OCH3 is 1. The summed E-state index contributed by atoms with van der Waals surface area (Å²) in [7, 11) is 1.57. The lowest BCUT2D eigenvalue weighted by Crippen LogP contribution is -2.47. The van der Waals surface area contributed by atoms with E-state index >= 15 is 0 Å². The molecule has 0 spiro atoms. The van der Waals surface area contributed by atoms with Crippen LogP contribution in [0.3, 0.4) is 0 Å². The highest BCUT2D eigenvalue weighted by atomic mass is 79.9. The standard InChI is InChI=1S/C25H31BrN2O4S/c1-14-7-15(2)23(16(3)8-14)27-22(29)13-31-24-20(26)9-19(10-21(24)30-6)25(33)28-11-17(4)32-18(5)12-28/h7-10,17-18H,11-13H2,1-6H3,(H,27,29)/t17-,18-/m1/s1. The summed E-state index contributed by atoms with van der Waals surface area (Å²) in [5.74, 6) is 0.724. The first-order valence-corrected chi connectivity index (χ1v) is 12.1. The maximum absolute atomic E-state index is 12.6. The van der Waals surface area contributed by atoms with E-state index in [-0.39, 0.29) is 24.7 Å². The normalized spacial score (nSPS) is 18.1. The number of ether oxygens (including phenoxy) is 3. The van der Waals surface area contributed by atoms with Crippen molar-refractivity contribution in [3.8, 4) is 11.5 Å². The molecule has 8 heteroatoms. The van der Waals surface area contributed by atoms with Crippen LogP contribution in [0.4, 0.5) is 5.69 Å². The van der Waals surface area contributed by atoms with Gasteiger partial charge in [0.1, 0.15) is 4.99 Å². The molecule has 0 aliphatic carbocycles. The second-order valence-electron chi connectivity index (χ2n) is 8.57. The fourth-order valence-electron chi connectivity index (χ4n) is 4.20. The maximum atomic E-state index is 12.6. The Kier molecular flexibility index (Phi) is 8.37. The molecule has 1 heterocycles. The summed E-state index contributed by atoms with van der Waals surface area (Å²) >= 11 is 9.32. The molecule has 0 saturated carbocycles. The molecule has 33 heavy (non-hydrogen) atoms. The number of aryl methyl sites for hydroxylation is 3. The number of hydrogen-bond acceptors (Lipinski definition) is 5. The summed E-state index contributed by atoms with van der Waals surface area (Å²) in [6, 6.07) is 7.83. The highest BCUT2D eigenvalue weighted by molar-refractivity contribution is 9.10. The lowest BCUT2D eigenvalue weighted by molar-refractivity contribution is -0.118. The zero-order valence-corrected chi connectivity index (χ0v) is 22.4. The van der Waals surface area contributed by atoms with Crippen molar-refractivity contribution in [3.63, 3.8) is 0 Å². The lowest BCUT2D eigenvalue weighted by atomic mass is 10.1. The third-order valence-electron chi connectivity index (χ3n) is 5.47. The minimum absolute atomic E-state index is 0.110. The Morgan fingerprint density at radius 1 is 1.15 bits per heavy atom. The summed E-state index contributed by atoms with van der Waals surface area (Å²) < 4.78 is 17.9. The van der Waals surface area contributed by atoms with Gasteiger partial charge in [-0.2, -0.15) is 0 Å². The highest BCUT2D eigenvalue weighted by Crippen LogP contribution is 2.37. The molecule has 2 aromatic rings. The topological polar surface area (TPSA) is 60.0 Å². The lowest BCUT2D eigenvalue weighted by Gasteiger charge is -2.37. The molecule has 1 aliphatic heterocycles. The number of benzene rings is 2. The molecule has 0 unspecified atom stereocenters. The minimum Gasteiger partial charge on any atom is -0.493 e. The fraction of sp³-hybridized carbons (Fsp3) is 0.440. The maximum Gasteiger partial charge on any atom is 0.262 e.